The number of benzene rings is 1. The highest BCUT2D eigenvalue weighted by Crippen LogP contribution is 2.34. The van der Waals surface area contributed by atoms with Crippen molar-refractivity contribution in [3.05, 3.63) is 47.2 Å². The SMILES string of the molecule is CC(CC(=O)Nc1nc2ncc(Cl)cn2c1-c1ccc(C(F)(F)F)cc1)C(F)(F)F. The van der Waals surface area contributed by atoms with Crippen molar-refractivity contribution >= 4 is 29.1 Å². The third-order valence-corrected chi connectivity index (χ3v) is 4.44. The fraction of sp³-hybridized carbons (Fsp3) is 0.278. The summed E-state index contributed by atoms with van der Waals surface area (Å²) in [7, 11) is 0. The zero-order valence-electron chi connectivity index (χ0n) is 15.1. The molecule has 1 N–H and O–H groups in total. The number of anilines is 1. The summed E-state index contributed by atoms with van der Waals surface area (Å²) in [5.41, 5.74) is -0.540. The normalized spacial score (nSPS) is 13.5. The third kappa shape index (κ3) is 4.66. The molecule has 30 heavy (non-hydrogen) atoms. The van der Waals surface area contributed by atoms with Gasteiger partial charge in [0.15, 0.2) is 5.82 Å². The smallest absolute Gasteiger partial charge is 0.309 e. The number of amides is 1. The lowest BCUT2D eigenvalue weighted by Gasteiger charge is -2.15. The molecule has 3 aromatic rings. The molecule has 1 aromatic carbocycles. The molecule has 2 heterocycles. The van der Waals surface area contributed by atoms with Gasteiger partial charge in [0, 0.05) is 18.2 Å². The molecule has 0 radical (unpaired) electrons. The second-order valence-corrected chi connectivity index (χ2v) is 6.96. The molecule has 3 rings (SSSR count). The van der Waals surface area contributed by atoms with Gasteiger partial charge in [0.2, 0.25) is 11.7 Å². The van der Waals surface area contributed by atoms with Crippen LogP contribution < -0.4 is 5.32 Å². The first-order valence-corrected chi connectivity index (χ1v) is 8.82. The van der Waals surface area contributed by atoms with E-state index < -0.39 is 36.2 Å². The zero-order valence-corrected chi connectivity index (χ0v) is 15.9. The Morgan fingerprint density at radius 1 is 1.17 bits per heavy atom. The Bertz CT molecular complexity index is 1080. The number of nitrogens with one attached hydrogen (secondary N) is 1. The van der Waals surface area contributed by atoms with Crippen LogP contribution >= 0.6 is 11.6 Å². The van der Waals surface area contributed by atoms with E-state index in [-0.39, 0.29) is 27.9 Å². The molecule has 0 aliphatic rings. The predicted molar refractivity (Wildman–Crippen MR) is 96.9 cm³/mol. The van der Waals surface area contributed by atoms with Gasteiger partial charge in [-0.1, -0.05) is 30.7 Å². The maximum Gasteiger partial charge on any atom is 0.416 e. The molecule has 1 unspecified atom stereocenters. The lowest BCUT2D eigenvalue weighted by Crippen LogP contribution is -2.25. The maximum atomic E-state index is 12.8. The highest BCUT2D eigenvalue weighted by Gasteiger charge is 2.37. The minimum absolute atomic E-state index is 0.0495. The summed E-state index contributed by atoms with van der Waals surface area (Å²) in [6.07, 6.45) is -7.32. The number of alkyl halides is 6. The molecule has 2 aromatic heterocycles. The van der Waals surface area contributed by atoms with E-state index in [9.17, 15) is 31.1 Å². The fourth-order valence-corrected chi connectivity index (χ4v) is 2.81. The summed E-state index contributed by atoms with van der Waals surface area (Å²) in [6.45, 7) is 0.862. The molecule has 0 saturated carbocycles. The minimum Gasteiger partial charge on any atom is -0.309 e. The highest BCUT2D eigenvalue weighted by atomic mass is 35.5. The van der Waals surface area contributed by atoms with Crippen molar-refractivity contribution < 1.29 is 31.1 Å². The number of hydrogen-bond donors (Lipinski definition) is 1. The Morgan fingerprint density at radius 2 is 1.80 bits per heavy atom. The molecule has 0 spiro atoms. The van der Waals surface area contributed by atoms with Crippen LogP contribution in [0, 0.1) is 5.92 Å². The van der Waals surface area contributed by atoms with Crippen LogP contribution in [0.5, 0.6) is 0 Å². The van der Waals surface area contributed by atoms with E-state index in [1.807, 2.05) is 0 Å². The van der Waals surface area contributed by atoms with Gasteiger partial charge in [-0.15, -0.1) is 0 Å². The molecular weight excluding hydrogens is 438 g/mol. The van der Waals surface area contributed by atoms with Crippen LogP contribution in [0.4, 0.5) is 32.2 Å². The van der Waals surface area contributed by atoms with Gasteiger partial charge >= 0.3 is 12.4 Å². The third-order valence-electron chi connectivity index (χ3n) is 4.24. The van der Waals surface area contributed by atoms with Crippen molar-refractivity contribution in [1.82, 2.24) is 14.4 Å². The molecule has 0 saturated heterocycles. The van der Waals surface area contributed by atoms with Gasteiger partial charge in [0.25, 0.3) is 0 Å². The van der Waals surface area contributed by atoms with Gasteiger partial charge < -0.3 is 5.32 Å². The van der Waals surface area contributed by atoms with Gasteiger partial charge in [-0.3, -0.25) is 9.20 Å². The number of fused-ring (bicyclic) bond motifs is 1. The minimum atomic E-state index is -4.55. The van der Waals surface area contributed by atoms with E-state index in [4.69, 9.17) is 11.6 Å². The number of carbonyl (C=O) groups excluding carboxylic acids is 1. The molecule has 0 aliphatic heterocycles. The first kappa shape index (κ1) is 21.9. The van der Waals surface area contributed by atoms with Crippen molar-refractivity contribution in [2.75, 3.05) is 5.32 Å². The van der Waals surface area contributed by atoms with E-state index in [1.54, 1.807) is 0 Å². The van der Waals surface area contributed by atoms with Crippen molar-refractivity contribution in [2.24, 2.45) is 5.92 Å². The van der Waals surface area contributed by atoms with E-state index in [0.717, 1.165) is 31.2 Å². The molecule has 0 bridgehead atoms. The molecule has 0 fully saturated rings. The maximum absolute atomic E-state index is 12.8. The van der Waals surface area contributed by atoms with Crippen molar-refractivity contribution in [1.29, 1.82) is 0 Å². The van der Waals surface area contributed by atoms with E-state index in [0.29, 0.717) is 0 Å². The predicted octanol–water partition coefficient (Wildman–Crippen LogP) is 5.60. The molecular formula is C18H13ClF6N4O. The largest absolute Gasteiger partial charge is 0.416 e. The van der Waals surface area contributed by atoms with Crippen molar-refractivity contribution in [3.63, 3.8) is 0 Å². The van der Waals surface area contributed by atoms with E-state index in [1.165, 1.54) is 16.8 Å². The Kier molecular flexibility index (Phi) is 5.68. The monoisotopic (exact) mass is 450 g/mol. The molecule has 1 atom stereocenters. The fourth-order valence-electron chi connectivity index (χ4n) is 2.67. The van der Waals surface area contributed by atoms with Gasteiger partial charge in [0.1, 0.15) is 0 Å². The number of imidazole rings is 1. The first-order valence-electron chi connectivity index (χ1n) is 8.44. The number of rotatable bonds is 4. The standard InChI is InChI=1S/C18H13ClF6N4O/c1-9(17(20,21)22)6-13(30)27-15-14(29-8-12(19)7-26-16(29)28-15)10-2-4-11(5-3-10)18(23,24)25/h2-5,7-9H,6H2,1H3,(H,27,30). The Labute approximate surface area is 170 Å². The van der Waals surface area contributed by atoms with Gasteiger partial charge in [0.05, 0.1) is 28.4 Å². The molecule has 160 valence electrons. The molecule has 12 heteroatoms. The first-order chi connectivity index (χ1) is 13.9. The topological polar surface area (TPSA) is 59.3 Å². The van der Waals surface area contributed by atoms with Crippen LogP contribution in [0.1, 0.15) is 18.9 Å². The summed E-state index contributed by atoms with van der Waals surface area (Å²) in [4.78, 5) is 20.2. The summed E-state index contributed by atoms with van der Waals surface area (Å²) in [6, 6.07) is 3.98. The number of nitrogens with zero attached hydrogens (tertiary/aromatic N) is 3. The Morgan fingerprint density at radius 3 is 2.37 bits per heavy atom. The second-order valence-electron chi connectivity index (χ2n) is 6.52. The number of halogens is 7. The van der Waals surface area contributed by atoms with Crippen LogP contribution in [0.25, 0.3) is 17.0 Å². The van der Waals surface area contributed by atoms with Crippen LogP contribution in [0.2, 0.25) is 5.02 Å². The summed E-state index contributed by atoms with van der Waals surface area (Å²) in [5.74, 6) is -2.95. The van der Waals surface area contributed by atoms with Gasteiger partial charge in [-0.25, -0.2) is 4.98 Å². The highest BCUT2D eigenvalue weighted by molar-refractivity contribution is 6.30. The summed E-state index contributed by atoms with van der Waals surface area (Å²) >= 11 is 5.92. The number of hydrogen-bond acceptors (Lipinski definition) is 3. The van der Waals surface area contributed by atoms with Gasteiger partial charge in [-0.2, -0.15) is 31.3 Å². The van der Waals surface area contributed by atoms with Gasteiger partial charge in [-0.05, 0) is 12.1 Å². The number of carbonyl (C=O) groups is 1. The van der Waals surface area contributed by atoms with Crippen LogP contribution in [0.3, 0.4) is 0 Å². The average Bonchev–Trinajstić information content (AvgIpc) is 2.97. The molecule has 5 nitrogen and oxygen atoms in total. The average molecular weight is 451 g/mol. The lowest BCUT2D eigenvalue weighted by atomic mass is 10.1. The summed E-state index contributed by atoms with van der Waals surface area (Å²) < 4.78 is 78.0. The Balaban J connectivity index is 2.02. The summed E-state index contributed by atoms with van der Waals surface area (Å²) in [5, 5.41) is 2.47. The van der Waals surface area contributed by atoms with Crippen molar-refractivity contribution in [3.8, 4) is 11.3 Å². The van der Waals surface area contributed by atoms with Crippen molar-refractivity contribution in [2.45, 2.75) is 25.7 Å². The Hall–Kier alpha value is -2.82. The van der Waals surface area contributed by atoms with Crippen LogP contribution in [-0.2, 0) is 11.0 Å². The van der Waals surface area contributed by atoms with Crippen LogP contribution in [-0.4, -0.2) is 26.5 Å². The number of aromatic nitrogens is 3. The molecule has 0 aliphatic carbocycles. The lowest BCUT2D eigenvalue weighted by molar-refractivity contribution is -0.173. The van der Waals surface area contributed by atoms with E-state index >= 15 is 0 Å². The molecule has 1 amide bonds. The quantitative estimate of drug-likeness (QED) is 0.527. The van der Waals surface area contributed by atoms with Crippen LogP contribution in [0.15, 0.2) is 36.7 Å². The second kappa shape index (κ2) is 7.78. The zero-order chi connectivity index (χ0) is 22.3. The van der Waals surface area contributed by atoms with E-state index in [2.05, 4.69) is 15.3 Å².